The van der Waals surface area contributed by atoms with Crippen molar-refractivity contribution >= 4 is 29.5 Å². The average Bonchev–Trinajstić information content (AvgIpc) is 3.08. The van der Waals surface area contributed by atoms with Crippen LogP contribution < -0.4 is 15.2 Å². The zero-order valence-electron chi connectivity index (χ0n) is 16.4. The van der Waals surface area contributed by atoms with Crippen LogP contribution in [-0.4, -0.2) is 40.1 Å². The Balaban J connectivity index is 1.48. The number of aromatic nitrogens is 3. The first-order valence-corrected chi connectivity index (χ1v) is 9.24. The fraction of sp³-hybridized carbons (Fsp3) is 0.143. The fourth-order valence-corrected chi connectivity index (χ4v) is 3.01. The normalized spacial score (nSPS) is 16.1. The summed E-state index contributed by atoms with van der Waals surface area (Å²) in [7, 11) is 1.60. The summed E-state index contributed by atoms with van der Waals surface area (Å²) in [4.78, 5) is 17.1. The Morgan fingerprint density at radius 2 is 1.90 bits per heavy atom. The molecule has 0 radical (unpaired) electrons. The third-order valence-electron chi connectivity index (χ3n) is 4.51. The third-order valence-corrected chi connectivity index (χ3v) is 4.51. The number of rotatable bonds is 6. The Morgan fingerprint density at radius 3 is 2.70 bits per heavy atom. The van der Waals surface area contributed by atoms with E-state index in [4.69, 9.17) is 4.74 Å². The Kier molecular flexibility index (Phi) is 5.42. The number of hydrogen-bond acceptors (Lipinski definition) is 8. The number of ether oxygens (including phenoxy) is 1. The van der Waals surface area contributed by atoms with Gasteiger partial charge >= 0.3 is 0 Å². The van der Waals surface area contributed by atoms with E-state index in [-0.39, 0.29) is 11.9 Å². The minimum Gasteiger partial charge on any atom is -0.496 e. The van der Waals surface area contributed by atoms with E-state index in [1.54, 1.807) is 20.2 Å². The molecule has 1 aliphatic heterocycles. The summed E-state index contributed by atoms with van der Waals surface area (Å²) in [5.74, 6) is 0.139. The second-order valence-electron chi connectivity index (χ2n) is 6.46. The van der Waals surface area contributed by atoms with Gasteiger partial charge in [0, 0.05) is 11.8 Å². The largest absolute Gasteiger partial charge is 0.496 e. The molecular formula is C21H19N7O2. The number of anilines is 2. The van der Waals surface area contributed by atoms with Gasteiger partial charge in [-0.05, 0) is 31.2 Å². The van der Waals surface area contributed by atoms with Gasteiger partial charge in [0.15, 0.2) is 0 Å². The van der Waals surface area contributed by atoms with Crippen molar-refractivity contribution in [1.29, 1.82) is 0 Å². The van der Waals surface area contributed by atoms with Gasteiger partial charge in [-0.2, -0.15) is 20.3 Å². The molecule has 0 saturated carbocycles. The van der Waals surface area contributed by atoms with E-state index < -0.39 is 5.92 Å². The van der Waals surface area contributed by atoms with E-state index in [2.05, 4.69) is 30.8 Å². The molecule has 2 heterocycles. The molecule has 0 fully saturated rings. The van der Waals surface area contributed by atoms with Crippen molar-refractivity contribution in [2.45, 2.75) is 6.92 Å². The lowest BCUT2D eigenvalue weighted by molar-refractivity contribution is -0.118. The minimum atomic E-state index is -0.567. The predicted octanol–water partition coefficient (Wildman–Crippen LogP) is 2.98. The van der Waals surface area contributed by atoms with E-state index in [1.807, 2.05) is 54.6 Å². The van der Waals surface area contributed by atoms with Gasteiger partial charge in [0.2, 0.25) is 0 Å². The molecule has 30 heavy (non-hydrogen) atoms. The van der Waals surface area contributed by atoms with Crippen molar-refractivity contribution < 1.29 is 9.53 Å². The Morgan fingerprint density at radius 1 is 1.13 bits per heavy atom. The minimum absolute atomic E-state index is 0.175. The third kappa shape index (κ3) is 3.86. The van der Waals surface area contributed by atoms with Crippen molar-refractivity contribution in [3.63, 3.8) is 0 Å². The first-order chi connectivity index (χ1) is 14.7. The van der Waals surface area contributed by atoms with Crippen LogP contribution in [0.25, 0.3) is 11.3 Å². The highest BCUT2D eigenvalue weighted by Crippen LogP contribution is 2.27. The summed E-state index contributed by atoms with van der Waals surface area (Å²) in [6.07, 6.45) is 3.03. The summed E-state index contributed by atoms with van der Waals surface area (Å²) < 4.78 is 5.36. The second kappa shape index (κ2) is 8.48. The van der Waals surface area contributed by atoms with Gasteiger partial charge in [0.25, 0.3) is 11.9 Å². The molecular weight excluding hydrogens is 382 g/mol. The van der Waals surface area contributed by atoms with Crippen LogP contribution in [0.1, 0.15) is 6.92 Å². The van der Waals surface area contributed by atoms with Crippen molar-refractivity contribution in [3.8, 4) is 17.0 Å². The number of nitrogens with one attached hydrogen (secondary N) is 1. The number of hydrogen-bond donors (Lipinski definition) is 1. The molecule has 3 aromatic rings. The van der Waals surface area contributed by atoms with Gasteiger partial charge in [-0.15, -0.1) is 5.10 Å². The molecule has 9 nitrogen and oxygen atoms in total. The van der Waals surface area contributed by atoms with Gasteiger partial charge < -0.3 is 4.74 Å². The molecule has 0 aliphatic carbocycles. The average molecular weight is 401 g/mol. The standard InChI is InChI=1S/C21H19N7O2/c1-14-17(20(29)28(27-14)15-8-4-3-5-9-15)12-22-25-21-24-18(13-23-26-21)16-10-6-7-11-19(16)30-2/h3-13,17H,1-2H3,(H,24,25,26). The second-order valence-corrected chi connectivity index (χ2v) is 6.46. The summed E-state index contributed by atoms with van der Waals surface area (Å²) in [5, 5.41) is 17.8. The van der Waals surface area contributed by atoms with Crippen molar-refractivity contribution in [2.24, 2.45) is 16.1 Å². The van der Waals surface area contributed by atoms with Gasteiger partial charge in [0.1, 0.15) is 11.7 Å². The smallest absolute Gasteiger partial charge is 0.263 e. The summed E-state index contributed by atoms with van der Waals surface area (Å²) in [6.45, 7) is 1.79. The van der Waals surface area contributed by atoms with Gasteiger partial charge in [-0.3, -0.25) is 4.79 Å². The zero-order valence-corrected chi connectivity index (χ0v) is 16.4. The molecule has 4 rings (SSSR count). The highest BCUT2D eigenvalue weighted by Gasteiger charge is 2.33. The number of carbonyl (C=O) groups excluding carboxylic acids is 1. The highest BCUT2D eigenvalue weighted by atomic mass is 16.5. The van der Waals surface area contributed by atoms with E-state index >= 15 is 0 Å². The van der Waals surface area contributed by atoms with Crippen LogP contribution in [0.4, 0.5) is 11.6 Å². The maximum absolute atomic E-state index is 12.7. The lowest BCUT2D eigenvalue weighted by Crippen LogP contribution is -2.28. The quantitative estimate of drug-likeness (QED) is 0.503. The molecule has 1 atom stereocenters. The van der Waals surface area contributed by atoms with Crippen LogP contribution in [0, 0.1) is 5.92 Å². The number of carbonyl (C=O) groups is 1. The number of amides is 1. The van der Waals surface area contributed by atoms with Gasteiger partial charge in [0.05, 0.1) is 30.4 Å². The molecule has 9 heteroatoms. The number of methoxy groups -OCH3 is 1. The number of nitrogens with zero attached hydrogens (tertiary/aromatic N) is 6. The number of benzene rings is 2. The lowest BCUT2D eigenvalue weighted by Gasteiger charge is -2.12. The van der Waals surface area contributed by atoms with E-state index in [1.165, 1.54) is 11.2 Å². The predicted molar refractivity (Wildman–Crippen MR) is 114 cm³/mol. The lowest BCUT2D eigenvalue weighted by atomic mass is 10.1. The Hall–Kier alpha value is -4.14. The van der Waals surface area contributed by atoms with Crippen LogP contribution >= 0.6 is 0 Å². The summed E-state index contributed by atoms with van der Waals surface area (Å²) >= 11 is 0. The molecule has 0 saturated heterocycles. The zero-order chi connectivity index (χ0) is 20.9. The van der Waals surface area contributed by atoms with Crippen molar-refractivity contribution in [1.82, 2.24) is 15.2 Å². The molecule has 0 spiro atoms. The highest BCUT2D eigenvalue weighted by molar-refractivity contribution is 6.23. The summed E-state index contributed by atoms with van der Waals surface area (Å²) in [6, 6.07) is 16.7. The van der Waals surface area contributed by atoms with Crippen LogP contribution in [-0.2, 0) is 4.79 Å². The fourth-order valence-electron chi connectivity index (χ4n) is 3.01. The SMILES string of the molecule is COc1ccccc1-c1cnnc(NN=CC2C(=O)N(c3ccccc3)N=C2C)n1. The topological polar surface area (TPSA) is 105 Å². The maximum Gasteiger partial charge on any atom is 0.263 e. The number of hydrazone groups is 2. The molecule has 0 bridgehead atoms. The monoisotopic (exact) mass is 401 g/mol. The Labute approximate surface area is 173 Å². The molecule has 150 valence electrons. The van der Waals surface area contributed by atoms with Gasteiger partial charge in [-0.25, -0.2) is 10.4 Å². The molecule has 1 N–H and O–H groups in total. The maximum atomic E-state index is 12.7. The van der Waals surface area contributed by atoms with Gasteiger partial charge in [-0.1, -0.05) is 30.3 Å². The van der Waals surface area contributed by atoms with E-state index in [0.29, 0.717) is 22.8 Å². The van der Waals surface area contributed by atoms with Crippen LogP contribution in [0.2, 0.25) is 0 Å². The molecule has 1 aromatic heterocycles. The number of para-hydroxylation sites is 2. The summed E-state index contributed by atoms with van der Waals surface area (Å²) in [5.41, 5.74) is 5.47. The van der Waals surface area contributed by atoms with E-state index in [0.717, 1.165) is 5.56 Å². The van der Waals surface area contributed by atoms with Crippen molar-refractivity contribution in [2.75, 3.05) is 17.5 Å². The van der Waals surface area contributed by atoms with Crippen LogP contribution in [0.3, 0.4) is 0 Å². The molecule has 1 unspecified atom stereocenters. The van der Waals surface area contributed by atoms with Crippen LogP contribution in [0.5, 0.6) is 5.75 Å². The molecule has 1 aliphatic rings. The Bertz CT molecular complexity index is 1120. The molecule has 2 aromatic carbocycles. The van der Waals surface area contributed by atoms with Crippen molar-refractivity contribution in [3.05, 3.63) is 60.8 Å². The molecule has 1 amide bonds. The van der Waals surface area contributed by atoms with Crippen LogP contribution in [0.15, 0.2) is 71.0 Å². The van der Waals surface area contributed by atoms with E-state index in [9.17, 15) is 4.79 Å². The first kappa shape index (κ1) is 19.2. The first-order valence-electron chi connectivity index (χ1n) is 9.24.